The maximum atomic E-state index is 12.9. The van der Waals surface area contributed by atoms with E-state index in [1.54, 1.807) is 43.8 Å². The second-order valence-corrected chi connectivity index (χ2v) is 7.96. The van der Waals surface area contributed by atoms with Gasteiger partial charge in [-0.15, -0.1) is 0 Å². The quantitative estimate of drug-likeness (QED) is 0.658. The lowest BCUT2D eigenvalue weighted by molar-refractivity contribution is 0.354. The topological polar surface area (TPSA) is 82.5 Å². The molecule has 0 bridgehead atoms. The van der Waals surface area contributed by atoms with Crippen LogP contribution in [0.1, 0.15) is 17.0 Å². The summed E-state index contributed by atoms with van der Waals surface area (Å²) in [7, 11) is -0.658. The lowest BCUT2D eigenvalue weighted by Crippen LogP contribution is -2.24. The Bertz CT molecular complexity index is 1080. The predicted molar refractivity (Wildman–Crippen MR) is 107 cm³/mol. The lowest BCUT2D eigenvalue weighted by atomic mass is 10.2. The van der Waals surface area contributed by atoms with Crippen LogP contribution in [0.15, 0.2) is 53.4 Å². The summed E-state index contributed by atoms with van der Waals surface area (Å²) in [5.41, 5.74) is 2.57. The molecule has 0 saturated carbocycles. The zero-order valence-electron chi connectivity index (χ0n) is 16.3. The number of benzene rings is 2. The summed E-state index contributed by atoms with van der Waals surface area (Å²) >= 11 is 0. The van der Waals surface area contributed by atoms with Gasteiger partial charge >= 0.3 is 0 Å². The van der Waals surface area contributed by atoms with E-state index in [9.17, 15) is 8.42 Å². The Morgan fingerprint density at radius 3 is 2.32 bits per heavy atom. The van der Waals surface area contributed by atoms with E-state index in [1.807, 2.05) is 30.3 Å². The van der Waals surface area contributed by atoms with Crippen molar-refractivity contribution >= 4 is 10.0 Å². The SMILES string of the molecule is COc1ccc(CNS(=O)(=O)c2c(C)nn(-c3ccccc3)c2C)cc1OC. The largest absolute Gasteiger partial charge is 0.493 e. The van der Waals surface area contributed by atoms with Crippen LogP contribution in [0.25, 0.3) is 5.69 Å². The molecule has 0 spiro atoms. The number of para-hydroxylation sites is 1. The van der Waals surface area contributed by atoms with Gasteiger partial charge in [-0.3, -0.25) is 0 Å². The number of methoxy groups -OCH3 is 2. The maximum Gasteiger partial charge on any atom is 0.244 e. The Hall–Kier alpha value is -2.84. The molecule has 0 radical (unpaired) electrons. The minimum Gasteiger partial charge on any atom is -0.493 e. The van der Waals surface area contributed by atoms with Crippen molar-refractivity contribution in [1.29, 1.82) is 0 Å². The zero-order chi connectivity index (χ0) is 20.3. The van der Waals surface area contributed by atoms with Gasteiger partial charge < -0.3 is 9.47 Å². The van der Waals surface area contributed by atoms with Crippen molar-refractivity contribution < 1.29 is 17.9 Å². The first-order valence-corrected chi connectivity index (χ1v) is 10.2. The molecule has 0 unspecified atom stereocenters. The van der Waals surface area contributed by atoms with Crippen molar-refractivity contribution in [3.63, 3.8) is 0 Å². The molecule has 0 fully saturated rings. The van der Waals surface area contributed by atoms with Gasteiger partial charge in [0.25, 0.3) is 0 Å². The number of sulfonamides is 1. The molecule has 148 valence electrons. The Kier molecular flexibility index (Phi) is 5.71. The van der Waals surface area contributed by atoms with Gasteiger partial charge in [0, 0.05) is 6.54 Å². The first kappa shape index (κ1) is 19.9. The maximum absolute atomic E-state index is 12.9. The smallest absolute Gasteiger partial charge is 0.244 e. The van der Waals surface area contributed by atoms with Crippen LogP contribution in [0.2, 0.25) is 0 Å². The Balaban J connectivity index is 1.87. The van der Waals surface area contributed by atoms with Crippen LogP contribution in [0.4, 0.5) is 0 Å². The molecular formula is C20H23N3O4S. The molecule has 3 rings (SSSR count). The molecule has 0 amide bonds. The van der Waals surface area contributed by atoms with Crippen LogP contribution in [0.5, 0.6) is 11.5 Å². The van der Waals surface area contributed by atoms with E-state index >= 15 is 0 Å². The molecule has 3 aromatic rings. The first-order valence-electron chi connectivity index (χ1n) is 8.69. The number of ether oxygens (including phenoxy) is 2. The number of aromatic nitrogens is 2. The monoisotopic (exact) mass is 401 g/mol. The highest BCUT2D eigenvalue weighted by molar-refractivity contribution is 7.89. The summed E-state index contributed by atoms with van der Waals surface area (Å²) in [6, 6.07) is 14.7. The molecule has 8 heteroatoms. The fourth-order valence-electron chi connectivity index (χ4n) is 3.08. The summed E-state index contributed by atoms with van der Waals surface area (Å²) in [5, 5.41) is 4.41. The number of hydrogen-bond donors (Lipinski definition) is 1. The number of nitrogens with zero attached hydrogens (tertiary/aromatic N) is 2. The van der Waals surface area contributed by atoms with Crippen LogP contribution in [0, 0.1) is 13.8 Å². The third kappa shape index (κ3) is 3.88. The van der Waals surface area contributed by atoms with Crippen LogP contribution in [-0.4, -0.2) is 32.4 Å². The molecule has 2 aromatic carbocycles. The fraction of sp³-hybridized carbons (Fsp3) is 0.250. The Morgan fingerprint density at radius 2 is 1.68 bits per heavy atom. The summed E-state index contributed by atoms with van der Waals surface area (Å²) in [6.45, 7) is 3.56. The molecule has 1 N–H and O–H groups in total. The number of nitrogens with one attached hydrogen (secondary N) is 1. The summed E-state index contributed by atoms with van der Waals surface area (Å²) in [5.74, 6) is 1.13. The van der Waals surface area contributed by atoms with Gasteiger partial charge in [-0.2, -0.15) is 5.10 Å². The van der Waals surface area contributed by atoms with Gasteiger partial charge in [0.05, 0.1) is 31.3 Å². The predicted octanol–water partition coefficient (Wildman–Crippen LogP) is 2.98. The Morgan fingerprint density at radius 1 is 1.00 bits per heavy atom. The third-order valence-electron chi connectivity index (χ3n) is 4.41. The molecule has 7 nitrogen and oxygen atoms in total. The van der Waals surface area contributed by atoms with E-state index in [-0.39, 0.29) is 11.4 Å². The molecule has 1 heterocycles. The van der Waals surface area contributed by atoms with Gasteiger partial charge in [-0.1, -0.05) is 24.3 Å². The Labute approximate surface area is 165 Å². The minimum absolute atomic E-state index is 0.123. The van der Waals surface area contributed by atoms with Crippen LogP contribution < -0.4 is 14.2 Å². The summed E-state index contributed by atoms with van der Waals surface area (Å²) in [6.07, 6.45) is 0. The molecule has 0 aliphatic rings. The highest BCUT2D eigenvalue weighted by atomic mass is 32.2. The molecule has 0 aliphatic carbocycles. The number of hydrogen-bond acceptors (Lipinski definition) is 5. The van der Waals surface area contributed by atoms with Crippen LogP contribution in [-0.2, 0) is 16.6 Å². The van der Waals surface area contributed by atoms with E-state index < -0.39 is 10.0 Å². The van der Waals surface area contributed by atoms with E-state index in [0.29, 0.717) is 22.9 Å². The van der Waals surface area contributed by atoms with Crippen molar-refractivity contribution in [3.05, 3.63) is 65.5 Å². The third-order valence-corrected chi connectivity index (χ3v) is 6.06. The van der Waals surface area contributed by atoms with Crippen molar-refractivity contribution in [2.45, 2.75) is 25.3 Å². The van der Waals surface area contributed by atoms with Crippen molar-refractivity contribution in [1.82, 2.24) is 14.5 Å². The van der Waals surface area contributed by atoms with Crippen molar-refractivity contribution in [3.8, 4) is 17.2 Å². The van der Waals surface area contributed by atoms with Gasteiger partial charge in [0.1, 0.15) is 4.90 Å². The van der Waals surface area contributed by atoms with E-state index in [1.165, 1.54) is 7.11 Å². The normalized spacial score (nSPS) is 11.4. The summed E-state index contributed by atoms with van der Waals surface area (Å²) in [4.78, 5) is 0.192. The van der Waals surface area contributed by atoms with E-state index in [2.05, 4.69) is 9.82 Å². The summed E-state index contributed by atoms with van der Waals surface area (Å²) < 4.78 is 40.7. The molecule has 28 heavy (non-hydrogen) atoms. The van der Waals surface area contributed by atoms with Crippen molar-refractivity contribution in [2.24, 2.45) is 0 Å². The van der Waals surface area contributed by atoms with Crippen molar-refractivity contribution in [2.75, 3.05) is 14.2 Å². The average Bonchev–Trinajstić information content (AvgIpc) is 3.01. The molecule has 0 aliphatic heterocycles. The van der Waals surface area contributed by atoms with Gasteiger partial charge in [0.2, 0.25) is 10.0 Å². The molecular weight excluding hydrogens is 378 g/mol. The standard InChI is InChI=1S/C20H23N3O4S/c1-14-20(15(2)23(22-14)17-8-6-5-7-9-17)28(24,25)21-13-16-10-11-18(26-3)19(12-16)27-4/h5-12,21H,13H2,1-4H3. The van der Waals surface area contributed by atoms with Crippen LogP contribution >= 0.6 is 0 Å². The molecule has 0 atom stereocenters. The molecule has 0 saturated heterocycles. The lowest BCUT2D eigenvalue weighted by Gasteiger charge is -2.11. The van der Waals surface area contributed by atoms with E-state index in [0.717, 1.165) is 11.3 Å². The number of rotatable bonds is 7. The second-order valence-electron chi connectivity index (χ2n) is 6.26. The van der Waals surface area contributed by atoms with E-state index in [4.69, 9.17) is 9.47 Å². The van der Waals surface area contributed by atoms with Gasteiger partial charge in [-0.05, 0) is 43.7 Å². The average molecular weight is 401 g/mol. The minimum atomic E-state index is -3.75. The zero-order valence-corrected chi connectivity index (χ0v) is 17.1. The fourth-order valence-corrected chi connectivity index (χ4v) is 4.49. The highest BCUT2D eigenvalue weighted by Gasteiger charge is 2.25. The van der Waals surface area contributed by atoms with Gasteiger partial charge in [0.15, 0.2) is 11.5 Å². The van der Waals surface area contributed by atoms with Gasteiger partial charge in [-0.25, -0.2) is 17.8 Å². The number of aryl methyl sites for hydroxylation is 1. The first-order chi connectivity index (χ1) is 13.4. The molecule has 1 aromatic heterocycles. The second kappa shape index (κ2) is 8.04. The van der Waals surface area contributed by atoms with Crippen LogP contribution in [0.3, 0.4) is 0 Å². The highest BCUT2D eigenvalue weighted by Crippen LogP contribution is 2.28.